The number of piperidine rings is 1. The number of nitrogens with one attached hydrogen (secondary N) is 2. The average Bonchev–Trinajstić information content (AvgIpc) is 2.23. The lowest BCUT2D eigenvalue weighted by atomic mass is 9.93. The van der Waals surface area contributed by atoms with E-state index in [4.69, 9.17) is 0 Å². The maximum atomic E-state index is 3.68. The zero-order chi connectivity index (χ0) is 11.1. The molecular weight excluding hydrogens is 184 g/mol. The quantitative estimate of drug-likeness (QED) is 0.707. The van der Waals surface area contributed by atoms with Gasteiger partial charge < -0.3 is 10.6 Å². The van der Waals surface area contributed by atoms with Crippen molar-refractivity contribution in [1.82, 2.24) is 10.6 Å². The second-order valence-corrected chi connectivity index (χ2v) is 5.20. The normalized spacial score (nSPS) is 29.0. The zero-order valence-electron chi connectivity index (χ0n) is 10.7. The molecule has 0 aliphatic carbocycles. The molecule has 1 aliphatic heterocycles. The molecule has 3 atom stereocenters. The van der Waals surface area contributed by atoms with Gasteiger partial charge in [0.1, 0.15) is 0 Å². The molecule has 15 heavy (non-hydrogen) atoms. The van der Waals surface area contributed by atoms with Crippen molar-refractivity contribution in [1.29, 1.82) is 0 Å². The van der Waals surface area contributed by atoms with E-state index >= 15 is 0 Å². The Kier molecular flexibility index (Phi) is 6.26. The van der Waals surface area contributed by atoms with Crippen LogP contribution in [-0.2, 0) is 0 Å². The maximum absolute atomic E-state index is 3.68. The van der Waals surface area contributed by atoms with Gasteiger partial charge in [-0.05, 0) is 52.1 Å². The molecule has 90 valence electrons. The summed E-state index contributed by atoms with van der Waals surface area (Å²) in [4.78, 5) is 0. The first kappa shape index (κ1) is 13.0. The standard InChI is InChI=1S/C13H28N2/c1-4-5-6-11(2)15-10-13-7-8-14-12(3)9-13/h11-15H,4-10H2,1-3H3. The Hall–Kier alpha value is -0.0800. The summed E-state index contributed by atoms with van der Waals surface area (Å²) in [6.45, 7) is 9.31. The van der Waals surface area contributed by atoms with Crippen LogP contribution in [0.4, 0.5) is 0 Å². The van der Waals surface area contributed by atoms with Crippen LogP contribution in [0.1, 0.15) is 52.9 Å². The van der Waals surface area contributed by atoms with Crippen LogP contribution < -0.4 is 10.6 Å². The van der Waals surface area contributed by atoms with Crippen LogP contribution in [0.2, 0.25) is 0 Å². The van der Waals surface area contributed by atoms with E-state index in [0.717, 1.165) is 12.0 Å². The fourth-order valence-electron chi connectivity index (χ4n) is 2.40. The molecule has 0 radical (unpaired) electrons. The van der Waals surface area contributed by atoms with Crippen molar-refractivity contribution < 1.29 is 0 Å². The van der Waals surface area contributed by atoms with Crippen LogP contribution in [0.15, 0.2) is 0 Å². The van der Waals surface area contributed by atoms with Gasteiger partial charge in [0.05, 0.1) is 0 Å². The Morgan fingerprint density at radius 2 is 2.27 bits per heavy atom. The minimum absolute atomic E-state index is 0.704. The highest BCUT2D eigenvalue weighted by molar-refractivity contribution is 4.77. The van der Waals surface area contributed by atoms with Crippen molar-refractivity contribution in [2.45, 2.75) is 65.0 Å². The average molecular weight is 212 g/mol. The summed E-state index contributed by atoms with van der Waals surface area (Å²) in [5.74, 6) is 0.894. The first-order valence-corrected chi connectivity index (χ1v) is 6.69. The monoisotopic (exact) mass is 212 g/mol. The topological polar surface area (TPSA) is 24.1 Å². The molecule has 1 fully saturated rings. The second kappa shape index (κ2) is 7.24. The fourth-order valence-corrected chi connectivity index (χ4v) is 2.40. The van der Waals surface area contributed by atoms with E-state index in [1.807, 2.05) is 0 Å². The minimum atomic E-state index is 0.704. The van der Waals surface area contributed by atoms with Gasteiger partial charge in [0.15, 0.2) is 0 Å². The summed E-state index contributed by atoms with van der Waals surface area (Å²) in [5.41, 5.74) is 0. The Morgan fingerprint density at radius 1 is 1.47 bits per heavy atom. The lowest BCUT2D eigenvalue weighted by Crippen LogP contribution is -2.41. The van der Waals surface area contributed by atoms with Crippen molar-refractivity contribution in [3.05, 3.63) is 0 Å². The molecule has 0 aromatic rings. The third-order valence-corrected chi connectivity index (χ3v) is 3.48. The highest BCUT2D eigenvalue weighted by Gasteiger charge is 2.18. The van der Waals surface area contributed by atoms with Crippen LogP contribution in [0.25, 0.3) is 0 Å². The van der Waals surface area contributed by atoms with Crippen molar-refractivity contribution in [3.8, 4) is 0 Å². The highest BCUT2D eigenvalue weighted by atomic mass is 14.9. The number of rotatable bonds is 6. The lowest BCUT2D eigenvalue weighted by molar-refractivity contribution is 0.294. The van der Waals surface area contributed by atoms with Gasteiger partial charge in [0.2, 0.25) is 0 Å². The first-order valence-electron chi connectivity index (χ1n) is 6.69. The molecule has 0 aromatic carbocycles. The van der Waals surface area contributed by atoms with Gasteiger partial charge in [-0.1, -0.05) is 19.8 Å². The predicted molar refractivity (Wildman–Crippen MR) is 67.2 cm³/mol. The smallest absolute Gasteiger partial charge is 0.00418 e. The van der Waals surface area contributed by atoms with Crippen molar-refractivity contribution in [2.24, 2.45) is 5.92 Å². The molecule has 2 nitrogen and oxygen atoms in total. The summed E-state index contributed by atoms with van der Waals surface area (Å²) in [7, 11) is 0. The third-order valence-electron chi connectivity index (χ3n) is 3.48. The van der Waals surface area contributed by atoms with Crippen LogP contribution in [0.5, 0.6) is 0 Å². The molecule has 1 rings (SSSR count). The highest BCUT2D eigenvalue weighted by Crippen LogP contribution is 2.15. The summed E-state index contributed by atoms with van der Waals surface area (Å²) in [6.07, 6.45) is 6.69. The van der Waals surface area contributed by atoms with Crippen LogP contribution >= 0.6 is 0 Å². The Bertz CT molecular complexity index is 159. The maximum Gasteiger partial charge on any atom is 0.00418 e. The Balaban J connectivity index is 2.07. The SMILES string of the molecule is CCCCC(C)NCC1CCNC(C)C1. The summed E-state index contributed by atoms with van der Waals surface area (Å²) < 4.78 is 0. The molecule has 0 spiro atoms. The van der Waals surface area contributed by atoms with E-state index in [2.05, 4.69) is 31.4 Å². The number of unbranched alkanes of at least 4 members (excludes halogenated alkanes) is 1. The van der Waals surface area contributed by atoms with Gasteiger partial charge >= 0.3 is 0 Å². The Labute approximate surface area is 95.2 Å². The van der Waals surface area contributed by atoms with Gasteiger partial charge in [-0.2, -0.15) is 0 Å². The molecule has 2 N–H and O–H groups in total. The van der Waals surface area contributed by atoms with E-state index in [0.29, 0.717) is 6.04 Å². The first-order chi connectivity index (χ1) is 7.22. The third kappa shape index (κ3) is 5.53. The van der Waals surface area contributed by atoms with Crippen LogP contribution in [0, 0.1) is 5.92 Å². The zero-order valence-corrected chi connectivity index (χ0v) is 10.7. The van der Waals surface area contributed by atoms with E-state index in [-0.39, 0.29) is 0 Å². The van der Waals surface area contributed by atoms with Crippen molar-refractivity contribution >= 4 is 0 Å². The molecular formula is C13H28N2. The van der Waals surface area contributed by atoms with Gasteiger partial charge in [0, 0.05) is 12.1 Å². The van der Waals surface area contributed by atoms with Gasteiger partial charge in [-0.3, -0.25) is 0 Å². The number of hydrogen-bond donors (Lipinski definition) is 2. The molecule has 0 saturated carbocycles. The van der Waals surface area contributed by atoms with Crippen molar-refractivity contribution in [3.63, 3.8) is 0 Å². The van der Waals surface area contributed by atoms with Crippen LogP contribution in [0.3, 0.4) is 0 Å². The van der Waals surface area contributed by atoms with E-state index < -0.39 is 0 Å². The molecule has 1 saturated heterocycles. The molecule has 1 aliphatic rings. The lowest BCUT2D eigenvalue weighted by Gasteiger charge is -2.29. The second-order valence-electron chi connectivity index (χ2n) is 5.20. The summed E-state index contributed by atoms with van der Waals surface area (Å²) in [6, 6.07) is 1.42. The van der Waals surface area contributed by atoms with Gasteiger partial charge in [-0.25, -0.2) is 0 Å². The van der Waals surface area contributed by atoms with E-state index in [1.54, 1.807) is 0 Å². The molecule has 2 heteroatoms. The number of hydrogen-bond acceptors (Lipinski definition) is 2. The summed E-state index contributed by atoms with van der Waals surface area (Å²) in [5, 5.41) is 7.19. The predicted octanol–water partition coefficient (Wildman–Crippen LogP) is 2.54. The molecule has 3 unspecified atom stereocenters. The molecule has 0 aromatic heterocycles. The van der Waals surface area contributed by atoms with Crippen molar-refractivity contribution in [2.75, 3.05) is 13.1 Å². The minimum Gasteiger partial charge on any atom is -0.314 e. The van der Waals surface area contributed by atoms with Gasteiger partial charge in [0.25, 0.3) is 0 Å². The van der Waals surface area contributed by atoms with E-state index in [1.165, 1.54) is 45.2 Å². The Morgan fingerprint density at radius 3 is 2.93 bits per heavy atom. The van der Waals surface area contributed by atoms with Gasteiger partial charge in [-0.15, -0.1) is 0 Å². The fraction of sp³-hybridized carbons (Fsp3) is 1.00. The van der Waals surface area contributed by atoms with E-state index in [9.17, 15) is 0 Å². The molecule has 1 heterocycles. The molecule has 0 amide bonds. The van der Waals surface area contributed by atoms with Crippen LogP contribution in [-0.4, -0.2) is 25.2 Å². The largest absolute Gasteiger partial charge is 0.314 e. The summed E-state index contributed by atoms with van der Waals surface area (Å²) >= 11 is 0. The molecule has 0 bridgehead atoms.